The lowest BCUT2D eigenvalue weighted by Crippen LogP contribution is -2.31. The van der Waals surface area contributed by atoms with E-state index in [4.69, 9.17) is 10.5 Å². The van der Waals surface area contributed by atoms with Gasteiger partial charge in [0.15, 0.2) is 5.54 Å². The van der Waals surface area contributed by atoms with Crippen LogP contribution in [0, 0.1) is 10.1 Å². The molecule has 0 spiro atoms. The van der Waals surface area contributed by atoms with E-state index in [0.717, 1.165) is 12.3 Å². The molecule has 0 heterocycles. The Kier molecular flexibility index (Phi) is 5.14. The molecular formula is C9H15N3O4. The highest BCUT2D eigenvalue weighted by atomic mass is 16.6. The fourth-order valence-corrected chi connectivity index (χ4v) is 0.721. The second-order valence-corrected chi connectivity index (χ2v) is 3.41. The number of nitro groups is 1. The van der Waals surface area contributed by atoms with Crippen LogP contribution in [0.2, 0.25) is 0 Å². The molecule has 0 aromatic rings. The summed E-state index contributed by atoms with van der Waals surface area (Å²) in [6.07, 6.45) is 2.13. The summed E-state index contributed by atoms with van der Waals surface area (Å²) in [5, 5.41) is 10.2. The van der Waals surface area contributed by atoms with E-state index < -0.39 is 22.3 Å². The Labute approximate surface area is 93.1 Å². The molecule has 0 radical (unpaired) electrons. The molecule has 0 fully saturated rings. The zero-order valence-corrected chi connectivity index (χ0v) is 9.47. The summed E-state index contributed by atoms with van der Waals surface area (Å²) in [4.78, 5) is 24.6. The Morgan fingerprint density at radius 1 is 1.62 bits per heavy atom. The Balaban J connectivity index is 4.59. The van der Waals surface area contributed by atoms with Crippen molar-refractivity contribution < 1.29 is 14.5 Å². The summed E-state index contributed by atoms with van der Waals surface area (Å²) in [5.41, 5.74) is 3.96. The quantitative estimate of drug-likeness (QED) is 0.319. The number of aliphatic imine (C=N–C) groups is 1. The van der Waals surface area contributed by atoms with E-state index in [0.29, 0.717) is 0 Å². The molecule has 7 nitrogen and oxygen atoms in total. The van der Waals surface area contributed by atoms with Gasteiger partial charge in [-0.3, -0.25) is 10.7 Å². The van der Waals surface area contributed by atoms with Crippen molar-refractivity contribution in [1.82, 2.24) is 0 Å². The predicted molar refractivity (Wildman–Crippen MR) is 58.5 cm³/mol. The van der Waals surface area contributed by atoms with Crippen LogP contribution in [0.4, 0.5) is 0 Å². The molecule has 0 saturated carbocycles. The molecule has 16 heavy (non-hydrogen) atoms. The lowest BCUT2D eigenvalue weighted by Gasteiger charge is -2.16. The van der Waals surface area contributed by atoms with Gasteiger partial charge in [-0.25, -0.2) is 4.79 Å². The maximum absolute atomic E-state index is 11.4. The van der Waals surface area contributed by atoms with E-state index in [2.05, 4.69) is 4.99 Å². The Hall–Kier alpha value is -1.92. The zero-order valence-electron chi connectivity index (χ0n) is 9.47. The third-order valence-corrected chi connectivity index (χ3v) is 1.63. The van der Waals surface area contributed by atoms with Gasteiger partial charge in [0.25, 0.3) is 0 Å². The van der Waals surface area contributed by atoms with Crippen molar-refractivity contribution in [2.45, 2.75) is 26.3 Å². The van der Waals surface area contributed by atoms with Crippen LogP contribution in [-0.4, -0.2) is 29.3 Å². The summed E-state index contributed by atoms with van der Waals surface area (Å²) in [6, 6.07) is 0. The van der Waals surface area contributed by atoms with Gasteiger partial charge < -0.3 is 14.9 Å². The standard InChI is InChI=1S/C9H15N3O4/c1-4-16-8(13)9(2,3)11-6-5-7(10)12(14)15/h5-6H,4,10H2,1-3H3/b7-5+,11-6?. The lowest BCUT2D eigenvalue weighted by atomic mass is 10.1. The van der Waals surface area contributed by atoms with Gasteiger partial charge in [0.1, 0.15) is 0 Å². The third kappa shape index (κ3) is 4.54. The van der Waals surface area contributed by atoms with Gasteiger partial charge in [0.2, 0.25) is 0 Å². The lowest BCUT2D eigenvalue weighted by molar-refractivity contribution is -0.426. The van der Waals surface area contributed by atoms with E-state index >= 15 is 0 Å². The number of rotatable bonds is 5. The Bertz CT molecular complexity index is 334. The fourth-order valence-electron chi connectivity index (χ4n) is 0.721. The number of nitrogens with zero attached hydrogens (tertiary/aromatic N) is 2. The van der Waals surface area contributed by atoms with Crippen LogP contribution >= 0.6 is 0 Å². The normalized spacial score (nSPS) is 12.8. The van der Waals surface area contributed by atoms with Gasteiger partial charge in [-0.15, -0.1) is 0 Å². The summed E-state index contributed by atoms with van der Waals surface area (Å²) in [6.45, 7) is 5.02. The molecule has 90 valence electrons. The topological polar surface area (TPSA) is 108 Å². The summed E-state index contributed by atoms with van der Waals surface area (Å²) in [7, 11) is 0. The third-order valence-electron chi connectivity index (χ3n) is 1.63. The maximum atomic E-state index is 11.4. The highest BCUT2D eigenvalue weighted by molar-refractivity contribution is 5.83. The number of nitrogens with two attached hydrogens (primary N) is 1. The number of esters is 1. The molecular weight excluding hydrogens is 214 g/mol. The minimum Gasteiger partial charge on any atom is -0.464 e. The van der Waals surface area contributed by atoms with Crippen LogP contribution in [0.1, 0.15) is 20.8 Å². The van der Waals surface area contributed by atoms with E-state index in [-0.39, 0.29) is 6.61 Å². The first-order valence-electron chi connectivity index (χ1n) is 4.64. The van der Waals surface area contributed by atoms with Crippen LogP contribution in [0.15, 0.2) is 16.9 Å². The smallest absolute Gasteiger partial charge is 0.333 e. The van der Waals surface area contributed by atoms with Crippen LogP contribution < -0.4 is 5.73 Å². The minimum atomic E-state index is -1.08. The van der Waals surface area contributed by atoms with Crippen molar-refractivity contribution in [1.29, 1.82) is 0 Å². The fraction of sp³-hybridized carbons (Fsp3) is 0.556. The molecule has 0 amide bonds. The first kappa shape index (κ1) is 14.1. The van der Waals surface area contributed by atoms with Gasteiger partial charge in [0, 0.05) is 12.3 Å². The Morgan fingerprint density at radius 2 is 2.19 bits per heavy atom. The second kappa shape index (κ2) is 5.84. The van der Waals surface area contributed by atoms with Gasteiger partial charge in [-0.2, -0.15) is 0 Å². The van der Waals surface area contributed by atoms with Gasteiger partial charge in [-0.05, 0) is 25.7 Å². The highest BCUT2D eigenvalue weighted by Gasteiger charge is 2.27. The van der Waals surface area contributed by atoms with Gasteiger partial charge in [0.05, 0.1) is 6.61 Å². The largest absolute Gasteiger partial charge is 0.464 e. The van der Waals surface area contributed by atoms with Crippen molar-refractivity contribution in [2.75, 3.05) is 6.61 Å². The molecule has 0 bridgehead atoms. The van der Waals surface area contributed by atoms with E-state index in [9.17, 15) is 14.9 Å². The number of carbonyl (C=O) groups excluding carboxylic acids is 1. The molecule has 0 aromatic heterocycles. The average Bonchev–Trinajstić information content (AvgIpc) is 2.17. The number of allylic oxidation sites excluding steroid dienone is 1. The number of hydrogen-bond donors (Lipinski definition) is 1. The highest BCUT2D eigenvalue weighted by Crippen LogP contribution is 2.10. The van der Waals surface area contributed by atoms with Crippen molar-refractivity contribution in [3.05, 3.63) is 22.0 Å². The van der Waals surface area contributed by atoms with Crippen LogP contribution in [-0.2, 0) is 9.53 Å². The molecule has 0 aromatic carbocycles. The van der Waals surface area contributed by atoms with E-state index in [1.54, 1.807) is 6.92 Å². The molecule has 0 saturated heterocycles. The zero-order chi connectivity index (χ0) is 12.8. The van der Waals surface area contributed by atoms with Gasteiger partial charge >= 0.3 is 11.8 Å². The molecule has 0 aliphatic rings. The molecule has 0 unspecified atom stereocenters. The molecule has 0 aliphatic carbocycles. The second-order valence-electron chi connectivity index (χ2n) is 3.41. The molecule has 0 rings (SSSR count). The van der Waals surface area contributed by atoms with Crippen molar-refractivity contribution >= 4 is 12.2 Å². The first-order valence-corrected chi connectivity index (χ1v) is 4.64. The SMILES string of the molecule is CCOC(=O)C(C)(C)N=C/C=C(\N)[N+](=O)[O-]. The van der Waals surface area contributed by atoms with Crippen molar-refractivity contribution in [3.8, 4) is 0 Å². The summed E-state index contributed by atoms with van der Waals surface area (Å²) >= 11 is 0. The number of ether oxygens (including phenoxy) is 1. The predicted octanol–water partition coefficient (Wildman–Crippen LogP) is 0.476. The first-order chi connectivity index (χ1) is 7.31. The maximum Gasteiger partial charge on any atom is 0.333 e. The summed E-state index contributed by atoms with van der Waals surface area (Å²) in [5.74, 6) is -1.04. The monoisotopic (exact) mass is 229 g/mol. The van der Waals surface area contributed by atoms with Crippen molar-refractivity contribution in [2.24, 2.45) is 10.7 Å². The summed E-state index contributed by atoms with van der Waals surface area (Å²) < 4.78 is 4.77. The number of carbonyl (C=O) groups is 1. The number of hydrogen-bond acceptors (Lipinski definition) is 6. The molecule has 0 atom stereocenters. The molecule has 0 aliphatic heterocycles. The van der Waals surface area contributed by atoms with Crippen LogP contribution in [0.5, 0.6) is 0 Å². The minimum absolute atomic E-state index is 0.255. The van der Waals surface area contributed by atoms with E-state index in [1.165, 1.54) is 13.8 Å². The van der Waals surface area contributed by atoms with Crippen LogP contribution in [0.25, 0.3) is 0 Å². The molecule has 2 N–H and O–H groups in total. The molecule has 7 heteroatoms. The van der Waals surface area contributed by atoms with E-state index in [1.807, 2.05) is 0 Å². The van der Waals surface area contributed by atoms with Crippen molar-refractivity contribution in [3.63, 3.8) is 0 Å². The Morgan fingerprint density at radius 3 is 2.62 bits per heavy atom. The van der Waals surface area contributed by atoms with Crippen LogP contribution in [0.3, 0.4) is 0 Å². The average molecular weight is 229 g/mol. The van der Waals surface area contributed by atoms with Gasteiger partial charge in [-0.1, -0.05) is 0 Å².